The first-order valence-corrected chi connectivity index (χ1v) is 6.03. The zero-order valence-electron chi connectivity index (χ0n) is 9.68. The molecule has 2 rings (SSSR count). The van der Waals surface area contributed by atoms with E-state index in [1.165, 1.54) is 0 Å². The van der Waals surface area contributed by atoms with Crippen LogP contribution in [0.15, 0.2) is 34.5 Å². The standard InChI is InChI=1S/C10H11N7S2/c11-9(18)16-14-7-5-3-1-2-4-6(5)8(13-7)15-17-10(12)19/h1-4,13-14H,(H2,12,19)(H3,11,16,18)/b17-15+. The molecule has 0 aliphatic heterocycles. The lowest BCUT2D eigenvalue weighted by atomic mass is 10.2. The number of anilines is 1. The number of nitrogens with two attached hydrogens (primary N) is 2. The topological polar surface area (TPSA) is 117 Å². The van der Waals surface area contributed by atoms with Gasteiger partial charge < -0.3 is 16.5 Å². The van der Waals surface area contributed by atoms with Gasteiger partial charge in [-0.25, -0.2) is 0 Å². The number of azo groups is 1. The van der Waals surface area contributed by atoms with Crippen LogP contribution in [0.2, 0.25) is 0 Å². The fourth-order valence-corrected chi connectivity index (χ4v) is 1.65. The maximum absolute atomic E-state index is 5.36. The Bertz CT molecular complexity index is 661. The minimum absolute atomic E-state index is 0.0329. The summed E-state index contributed by atoms with van der Waals surface area (Å²) >= 11 is 9.38. The van der Waals surface area contributed by atoms with E-state index in [1.807, 2.05) is 24.3 Å². The third-order valence-corrected chi connectivity index (χ3v) is 2.44. The molecule has 9 heteroatoms. The third-order valence-electron chi connectivity index (χ3n) is 2.25. The van der Waals surface area contributed by atoms with E-state index in [9.17, 15) is 0 Å². The van der Waals surface area contributed by atoms with Crippen LogP contribution in [0.3, 0.4) is 0 Å². The van der Waals surface area contributed by atoms with Gasteiger partial charge >= 0.3 is 0 Å². The number of aromatic amines is 1. The normalized spacial score (nSPS) is 10.7. The van der Waals surface area contributed by atoms with Crippen LogP contribution in [-0.2, 0) is 0 Å². The first kappa shape index (κ1) is 13.2. The molecule has 2 aromatic rings. The SMILES string of the molecule is NC(=S)/N=N/c1[nH]c(NNC(N)=S)c2ccccc12. The lowest BCUT2D eigenvalue weighted by Crippen LogP contribution is -2.34. The quantitative estimate of drug-likeness (QED) is 0.334. The van der Waals surface area contributed by atoms with E-state index in [-0.39, 0.29) is 10.2 Å². The van der Waals surface area contributed by atoms with E-state index in [4.69, 9.17) is 23.7 Å². The summed E-state index contributed by atoms with van der Waals surface area (Å²) in [7, 11) is 0. The van der Waals surface area contributed by atoms with Crippen molar-refractivity contribution in [3.63, 3.8) is 0 Å². The van der Waals surface area contributed by atoms with Crippen molar-refractivity contribution in [2.45, 2.75) is 0 Å². The summed E-state index contributed by atoms with van der Waals surface area (Å²) in [5.74, 6) is 1.20. The molecule has 0 saturated heterocycles. The van der Waals surface area contributed by atoms with Crippen LogP contribution in [-0.4, -0.2) is 15.2 Å². The molecule has 0 aliphatic rings. The maximum atomic E-state index is 5.36. The summed E-state index contributed by atoms with van der Waals surface area (Å²) in [5.41, 5.74) is 16.1. The Morgan fingerprint density at radius 3 is 2.47 bits per heavy atom. The molecule has 0 fully saturated rings. The van der Waals surface area contributed by atoms with Gasteiger partial charge in [0.1, 0.15) is 5.82 Å². The second kappa shape index (κ2) is 5.59. The van der Waals surface area contributed by atoms with E-state index >= 15 is 0 Å². The van der Waals surface area contributed by atoms with Gasteiger partial charge in [0.15, 0.2) is 10.9 Å². The number of aromatic nitrogens is 1. The molecule has 0 radical (unpaired) electrons. The molecule has 7 N–H and O–H groups in total. The Kier molecular flexibility index (Phi) is 3.88. The van der Waals surface area contributed by atoms with Crippen molar-refractivity contribution in [3.05, 3.63) is 24.3 Å². The van der Waals surface area contributed by atoms with Crippen molar-refractivity contribution in [2.75, 3.05) is 5.43 Å². The second-order valence-corrected chi connectivity index (χ2v) is 4.40. The number of thiocarbonyl (C=S) groups is 2. The summed E-state index contributed by atoms with van der Waals surface area (Å²) < 4.78 is 0. The van der Waals surface area contributed by atoms with Crippen molar-refractivity contribution in [1.82, 2.24) is 10.4 Å². The molecule has 0 atom stereocenters. The zero-order valence-corrected chi connectivity index (χ0v) is 11.3. The Hall–Kier alpha value is -2.26. The molecule has 0 aliphatic carbocycles. The Morgan fingerprint density at radius 2 is 1.84 bits per heavy atom. The van der Waals surface area contributed by atoms with Crippen molar-refractivity contribution in [2.24, 2.45) is 21.7 Å². The lowest BCUT2D eigenvalue weighted by molar-refractivity contribution is 1.10. The number of nitrogens with zero attached hydrogens (tertiary/aromatic N) is 2. The number of hydrogen-bond acceptors (Lipinski definition) is 4. The highest BCUT2D eigenvalue weighted by atomic mass is 32.1. The van der Waals surface area contributed by atoms with Crippen molar-refractivity contribution >= 4 is 57.1 Å². The first-order valence-electron chi connectivity index (χ1n) is 5.21. The monoisotopic (exact) mass is 293 g/mol. The fraction of sp³-hybridized carbons (Fsp3) is 0. The molecule has 0 bridgehead atoms. The Balaban J connectivity index is 2.42. The second-order valence-electron chi connectivity index (χ2n) is 3.55. The third kappa shape index (κ3) is 3.14. The van der Waals surface area contributed by atoms with Crippen LogP contribution >= 0.6 is 24.4 Å². The van der Waals surface area contributed by atoms with Gasteiger partial charge in [-0.3, -0.25) is 10.9 Å². The Morgan fingerprint density at radius 1 is 1.16 bits per heavy atom. The number of nitrogens with one attached hydrogen (secondary N) is 3. The molecule has 98 valence electrons. The predicted molar refractivity (Wildman–Crippen MR) is 83.1 cm³/mol. The van der Waals surface area contributed by atoms with Crippen molar-refractivity contribution in [3.8, 4) is 0 Å². The fourth-order valence-electron chi connectivity index (χ4n) is 1.56. The van der Waals surface area contributed by atoms with Gasteiger partial charge in [0.2, 0.25) is 5.11 Å². The molecule has 19 heavy (non-hydrogen) atoms. The van der Waals surface area contributed by atoms with E-state index in [2.05, 4.69) is 38.3 Å². The van der Waals surface area contributed by atoms with Gasteiger partial charge in [0, 0.05) is 10.8 Å². The molecule has 1 aromatic carbocycles. The number of rotatable bonds is 3. The summed E-state index contributed by atoms with van der Waals surface area (Å²) in [4.78, 5) is 3.04. The number of H-pyrrole nitrogens is 1. The molecule has 0 spiro atoms. The molecule has 7 nitrogen and oxygen atoms in total. The van der Waals surface area contributed by atoms with Crippen LogP contribution < -0.4 is 22.3 Å². The summed E-state index contributed by atoms with van der Waals surface area (Å²) in [5, 5.41) is 9.48. The minimum Gasteiger partial charge on any atom is -0.375 e. The van der Waals surface area contributed by atoms with Crippen LogP contribution in [0.25, 0.3) is 10.8 Å². The maximum Gasteiger partial charge on any atom is 0.211 e. The van der Waals surface area contributed by atoms with Gasteiger partial charge in [0.05, 0.1) is 0 Å². The molecule has 1 aromatic heterocycles. The largest absolute Gasteiger partial charge is 0.375 e. The van der Waals surface area contributed by atoms with E-state index < -0.39 is 0 Å². The van der Waals surface area contributed by atoms with E-state index in [0.717, 1.165) is 10.8 Å². The molecular formula is C10H11N7S2. The van der Waals surface area contributed by atoms with E-state index in [0.29, 0.717) is 11.6 Å². The predicted octanol–water partition coefficient (Wildman–Crippen LogP) is 1.66. The van der Waals surface area contributed by atoms with Crippen molar-refractivity contribution < 1.29 is 0 Å². The molecule has 1 heterocycles. The minimum atomic E-state index is -0.0329. The summed E-state index contributed by atoms with van der Waals surface area (Å²) in [6.07, 6.45) is 0. The van der Waals surface area contributed by atoms with E-state index in [1.54, 1.807) is 0 Å². The van der Waals surface area contributed by atoms with Crippen molar-refractivity contribution in [1.29, 1.82) is 0 Å². The lowest BCUT2D eigenvalue weighted by Gasteiger charge is -2.05. The number of hydrogen-bond donors (Lipinski definition) is 5. The molecule has 0 amide bonds. The Labute approximate surface area is 119 Å². The van der Waals surface area contributed by atoms with Gasteiger partial charge in [-0.1, -0.05) is 24.3 Å². The number of hydrazine groups is 1. The average molecular weight is 293 g/mol. The molecule has 0 unspecified atom stereocenters. The number of fused-ring (bicyclic) bond motifs is 1. The number of benzene rings is 1. The zero-order chi connectivity index (χ0) is 13.8. The van der Waals surface area contributed by atoms with Gasteiger partial charge in [-0.05, 0) is 24.4 Å². The van der Waals surface area contributed by atoms with Gasteiger partial charge in [0.25, 0.3) is 0 Å². The highest BCUT2D eigenvalue weighted by Crippen LogP contribution is 2.31. The molecule has 0 saturated carbocycles. The van der Waals surface area contributed by atoms with Gasteiger partial charge in [-0.2, -0.15) is 0 Å². The summed E-state index contributed by atoms with van der Waals surface area (Å²) in [6.45, 7) is 0. The molecular weight excluding hydrogens is 282 g/mol. The highest BCUT2D eigenvalue weighted by Gasteiger charge is 2.09. The smallest absolute Gasteiger partial charge is 0.211 e. The van der Waals surface area contributed by atoms with Crippen LogP contribution in [0.1, 0.15) is 0 Å². The van der Waals surface area contributed by atoms with Crippen LogP contribution in [0.5, 0.6) is 0 Å². The average Bonchev–Trinajstić information content (AvgIpc) is 2.72. The van der Waals surface area contributed by atoms with Gasteiger partial charge in [-0.15, -0.1) is 10.2 Å². The summed E-state index contributed by atoms with van der Waals surface area (Å²) in [6, 6.07) is 7.60. The highest BCUT2D eigenvalue weighted by molar-refractivity contribution is 7.80. The van der Waals surface area contributed by atoms with Crippen LogP contribution in [0, 0.1) is 0 Å². The first-order chi connectivity index (χ1) is 9.08. The van der Waals surface area contributed by atoms with Crippen LogP contribution in [0.4, 0.5) is 11.6 Å².